The zero-order chi connectivity index (χ0) is 25.0. The zero-order valence-corrected chi connectivity index (χ0v) is 20.7. The molecule has 0 spiro atoms. The minimum atomic E-state index is -0.502. The van der Waals surface area contributed by atoms with Crippen LogP contribution >= 0.6 is 11.6 Å². The number of urea groups is 1. The molecule has 3 amide bonds. The predicted molar refractivity (Wildman–Crippen MR) is 133 cm³/mol. The van der Waals surface area contributed by atoms with Crippen molar-refractivity contribution in [2.24, 2.45) is 0 Å². The van der Waals surface area contributed by atoms with Gasteiger partial charge in [0.2, 0.25) is 5.91 Å². The lowest BCUT2D eigenvalue weighted by Gasteiger charge is -2.26. The van der Waals surface area contributed by atoms with Crippen LogP contribution in [0.2, 0.25) is 5.02 Å². The van der Waals surface area contributed by atoms with E-state index < -0.39 is 17.8 Å². The molecular weight excluding hydrogens is 457 g/mol. The molecule has 3 rings (SSSR count). The second-order valence-corrected chi connectivity index (χ2v) is 9.70. The van der Waals surface area contributed by atoms with E-state index in [0.717, 1.165) is 11.4 Å². The van der Waals surface area contributed by atoms with Gasteiger partial charge in [-0.05, 0) is 56.3 Å². The van der Waals surface area contributed by atoms with Crippen molar-refractivity contribution in [3.63, 3.8) is 0 Å². The molecule has 7 nitrogen and oxygen atoms in total. The van der Waals surface area contributed by atoms with Crippen LogP contribution in [0.4, 0.5) is 20.7 Å². The Bertz CT molecular complexity index is 1170. The van der Waals surface area contributed by atoms with Crippen molar-refractivity contribution in [1.82, 2.24) is 14.7 Å². The Morgan fingerprint density at radius 3 is 2.35 bits per heavy atom. The van der Waals surface area contributed by atoms with Gasteiger partial charge in [0, 0.05) is 28.2 Å². The van der Waals surface area contributed by atoms with E-state index >= 15 is 0 Å². The molecule has 0 aliphatic rings. The van der Waals surface area contributed by atoms with Gasteiger partial charge >= 0.3 is 6.03 Å². The second-order valence-electron chi connectivity index (χ2n) is 9.26. The maximum Gasteiger partial charge on any atom is 0.322 e. The molecule has 9 heteroatoms. The summed E-state index contributed by atoms with van der Waals surface area (Å²) in [5.74, 6) is -0.373. The van der Waals surface area contributed by atoms with E-state index in [0.29, 0.717) is 16.5 Å². The van der Waals surface area contributed by atoms with Gasteiger partial charge in [-0.15, -0.1) is 0 Å². The summed E-state index contributed by atoms with van der Waals surface area (Å²) < 4.78 is 15.1. The minimum Gasteiger partial charge on any atom is -0.313 e. The number of rotatable bonds is 6. The Balaban J connectivity index is 1.81. The summed E-state index contributed by atoms with van der Waals surface area (Å²) in [4.78, 5) is 27.1. The van der Waals surface area contributed by atoms with Crippen molar-refractivity contribution in [3.05, 3.63) is 71.1 Å². The van der Waals surface area contributed by atoms with Gasteiger partial charge in [0.1, 0.15) is 18.2 Å². The first-order valence-electron chi connectivity index (χ1n) is 10.9. The topological polar surface area (TPSA) is 79.3 Å². The molecule has 0 bridgehead atoms. The molecule has 1 heterocycles. The van der Waals surface area contributed by atoms with Crippen molar-refractivity contribution >= 4 is 35.0 Å². The molecule has 0 saturated carbocycles. The van der Waals surface area contributed by atoms with Crippen LogP contribution in [0.3, 0.4) is 0 Å². The predicted octanol–water partition coefficient (Wildman–Crippen LogP) is 5.84. The molecule has 34 heavy (non-hydrogen) atoms. The van der Waals surface area contributed by atoms with Crippen LogP contribution in [0.5, 0.6) is 0 Å². The van der Waals surface area contributed by atoms with Crippen molar-refractivity contribution in [3.8, 4) is 5.69 Å². The highest BCUT2D eigenvalue weighted by Gasteiger charge is 2.24. The third-order valence-corrected chi connectivity index (χ3v) is 5.34. The summed E-state index contributed by atoms with van der Waals surface area (Å²) in [5.41, 5.74) is 1.60. The number of aromatic nitrogens is 2. The maximum absolute atomic E-state index is 13.5. The number of hydrogen-bond acceptors (Lipinski definition) is 3. The van der Waals surface area contributed by atoms with E-state index in [1.54, 1.807) is 36.7 Å². The zero-order valence-electron chi connectivity index (χ0n) is 19.9. The third kappa shape index (κ3) is 6.35. The highest BCUT2D eigenvalue weighted by Crippen LogP contribution is 2.27. The van der Waals surface area contributed by atoms with Gasteiger partial charge in [-0.2, -0.15) is 5.10 Å². The summed E-state index contributed by atoms with van der Waals surface area (Å²) in [6.45, 7) is 9.50. The fourth-order valence-corrected chi connectivity index (χ4v) is 3.33. The molecule has 0 unspecified atom stereocenters. The van der Waals surface area contributed by atoms with Crippen LogP contribution in [0.15, 0.2) is 54.6 Å². The van der Waals surface area contributed by atoms with Crippen LogP contribution in [0, 0.1) is 5.82 Å². The van der Waals surface area contributed by atoms with E-state index in [-0.39, 0.29) is 18.0 Å². The van der Waals surface area contributed by atoms with E-state index in [1.807, 2.05) is 39.0 Å². The average Bonchev–Trinajstić information content (AvgIpc) is 3.16. The first-order chi connectivity index (χ1) is 15.9. The van der Waals surface area contributed by atoms with E-state index in [2.05, 4.69) is 15.7 Å². The molecule has 0 radical (unpaired) electrons. The van der Waals surface area contributed by atoms with Crippen LogP contribution in [-0.4, -0.2) is 39.2 Å². The van der Waals surface area contributed by atoms with E-state index in [4.69, 9.17) is 11.6 Å². The Hall–Kier alpha value is -3.39. The molecule has 2 N–H and O–H groups in total. The summed E-state index contributed by atoms with van der Waals surface area (Å²) in [6.07, 6.45) is 0. The summed E-state index contributed by atoms with van der Waals surface area (Å²) >= 11 is 6.02. The first kappa shape index (κ1) is 25.2. The Labute approximate surface area is 203 Å². The van der Waals surface area contributed by atoms with E-state index in [1.165, 1.54) is 23.1 Å². The Kier molecular flexibility index (Phi) is 7.61. The molecule has 1 aromatic heterocycles. The van der Waals surface area contributed by atoms with Crippen LogP contribution in [0.25, 0.3) is 5.69 Å². The Morgan fingerprint density at radius 2 is 1.76 bits per heavy atom. The smallest absolute Gasteiger partial charge is 0.313 e. The molecule has 0 aliphatic heterocycles. The van der Waals surface area contributed by atoms with Crippen LogP contribution in [-0.2, 0) is 10.2 Å². The van der Waals surface area contributed by atoms with Crippen molar-refractivity contribution < 1.29 is 14.0 Å². The third-order valence-electron chi connectivity index (χ3n) is 5.09. The number of amides is 3. The number of carbonyl (C=O) groups excluding carboxylic acids is 2. The molecule has 0 fully saturated rings. The lowest BCUT2D eigenvalue weighted by atomic mass is 9.92. The van der Waals surface area contributed by atoms with Gasteiger partial charge in [0.15, 0.2) is 0 Å². The number of carbonyl (C=O) groups is 2. The van der Waals surface area contributed by atoms with E-state index in [9.17, 15) is 14.0 Å². The summed E-state index contributed by atoms with van der Waals surface area (Å²) in [5, 5.41) is 10.8. The number of hydrogen-bond donors (Lipinski definition) is 2. The molecule has 3 aromatic rings. The van der Waals surface area contributed by atoms with Crippen molar-refractivity contribution in [2.75, 3.05) is 17.2 Å². The molecule has 0 aliphatic carbocycles. The molecule has 180 valence electrons. The molecular formula is C25H29ClFN5O2. The van der Waals surface area contributed by atoms with Gasteiger partial charge in [-0.25, -0.2) is 13.9 Å². The van der Waals surface area contributed by atoms with Gasteiger partial charge in [-0.1, -0.05) is 38.4 Å². The molecule has 2 aromatic carbocycles. The summed E-state index contributed by atoms with van der Waals surface area (Å²) in [6, 6.07) is 13.8. The maximum atomic E-state index is 13.5. The molecule has 0 atom stereocenters. The fourth-order valence-electron chi connectivity index (χ4n) is 3.20. The van der Waals surface area contributed by atoms with Crippen LogP contribution < -0.4 is 10.6 Å². The highest BCUT2D eigenvalue weighted by atomic mass is 35.5. The normalized spacial score (nSPS) is 11.4. The second kappa shape index (κ2) is 10.3. The average molecular weight is 486 g/mol. The monoisotopic (exact) mass is 485 g/mol. The Morgan fingerprint density at radius 1 is 1.09 bits per heavy atom. The van der Waals surface area contributed by atoms with Crippen molar-refractivity contribution in [2.45, 2.75) is 46.1 Å². The number of halogens is 2. The van der Waals surface area contributed by atoms with Gasteiger partial charge in [0.25, 0.3) is 0 Å². The standard InChI is InChI=1S/C25H29ClFN5O2/c1-16(2)31(24(34)28-19-8-6-7-18(27)13-19)15-23(33)29-22-14-21(25(3,4)5)30-32(22)20-11-9-17(26)10-12-20/h6-14,16H,15H2,1-5H3,(H,28,34)(H,29,33). The molecule has 0 saturated heterocycles. The largest absolute Gasteiger partial charge is 0.322 e. The minimum absolute atomic E-state index is 0.199. The number of benzene rings is 2. The van der Waals surface area contributed by atoms with Gasteiger partial charge in [-0.3, -0.25) is 4.79 Å². The highest BCUT2D eigenvalue weighted by molar-refractivity contribution is 6.30. The summed E-state index contributed by atoms with van der Waals surface area (Å²) in [7, 11) is 0. The quantitative estimate of drug-likeness (QED) is 0.460. The number of nitrogens with zero attached hydrogens (tertiary/aromatic N) is 3. The van der Waals surface area contributed by atoms with Gasteiger partial charge in [0.05, 0.1) is 11.4 Å². The lowest BCUT2D eigenvalue weighted by molar-refractivity contribution is -0.117. The fraction of sp³-hybridized carbons (Fsp3) is 0.320. The van der Waals surface area contributed by atoms with Gasteiger partial charge < -0.3 is 15.5 Å². The SMILES string of the molecule is CC(C)N(CC(=O)Nc1cc(C(C)(C)C)nn1-c1ccc(Cl)cc1)C(=O)Nc1cccc(F)c1. The number of anilines is 2. The van der Waals surface area contributed by atoms with Crippen LogP contribution in [0.1, 0.15) is 40.3 Å². The first-order valence-corrected chi connectivity index (χ1v) is 11.3. The number of nitrogens with one attached hydrogen (secondary N) is 2. The van der Waals surface area contributed by atoms with Crippen molar-refractivity contribution in [1.29, 1.82) is 0 Å². The lowest BCUT2D eigenvalue weighted by Crippen LogP contribution is -2.44.